The summed E-state index contributed by atoms with van der Waals surface area (Å²) in [5.41, 5.74) is 4.00. The van der Waals surface area contributed by atoms with E-state index in [2.05, 4.69) is 25.8 Å². The highest BCUT2D eigenvalue weighted by Crippen LogP contribution is 2.31. The molecular formula is C19H21N5O2. The van der Waals surface area contributed by atoms with E-state index in [-0.39, 0.29) is 0 Å². The van der Waals surface area contributed by atoms with E-state index < -0.39 is 0 Å². The molecule has 0 radical (unpaired) electrons. The Labute approximate surface area is 152 Å². The van der Waals surface area contributed by atoms with Crippen LogP contribution in [0.15, 0.2) is 42.6 Å². The van der Waals surface area contributed by atoms with Gasteiger partial charge in [-0.2, -0.15) is 10.1 Å². The third-order valence-corrected chi connectivity index (χ3v) is 3.95. The monoisotopic (exact) mass is 351 g/mol. The topological polar surface area (TPSA) is 81.2 Å². The van der Waals surface area contributed by atoms with Crippen LogP contribution in [0, 0.1) is 13.8 Å². The lowest BCUT2D eigenvalue weighted by atomic mass is 10.1. The minimum Gasteiger partial charge on any atom is -0.497 e. The molecule has 0 saturated heterocycles. The minimum absolute atomic E-state index is 0.365. The second-order valence-corrected chi connectivity index (χ2v) is 5.75. The molecule has 0 atom stereocenters. The van der Waals surface area contributed by atoms with Crippen LogP contribution in [0.25, 0.3) is 0 Å². The Bertz CT molecular complexity index is 894. The van der Waals surface area contributed by atoms with Crippen molar-refractivity contribution in [3.8, 4) is 11.5 Å². The first-order chi connectivity index (χ1) is 12.6. The van der Waals surface area contributed by atoms with Gasteiger partial charge in [-0.25, -0.2) is 0 Å². The van der Waals surface area contributed by atoms with Crippen molar-refractivity contribution in [3.63, 3.8) is 0 Å². The summed E-state index contributed by atoms with van der Waals surface area (Å²) < 4.78 is 10.6. The average molecular weight is 351 g/mol. The number of nitrogens with one attached hydrogen (secondary N) is 2. The Balaban J connectivity index is 1.84. The zero-order valence-corrected chi connectivity index (χ0v) is 15.2. The number of hydrogen-bond acceptors (Lipinski definition) is 7. The van der Waals surface area contributed by atoms with E-state index >= 15 is 0 Å². The maximum absolute atomic E-state index is 5.38. The first-order valence-electron chi connectivity index (χ1n) is 8.12. The van der Waals surface area contributed by atoms with Crippen molar-refractivity contribution in [3.05, 3.63) is 53.7 Å². The fourth-order valence-electron chi connectivity index (χ4n) is 2.58. The number of rotatable bonds is 6. The molecular weight excluding hydrogens is 330 g/mol. The maximum atomic E-state index is 5.38. The molecule has 3 aromatic rings. The van der Waals surface area contributed by atoms with Gasteiger partial charge in [-0.15, -0.1) is 5.10 Å². The van der Waals surface area contributed by atoms with Gasteiger partial charge in [0, 0.05) is 11.8 Å². The van der Waals surface area contributed by atoms with E-state index in [0.717, 1.165) is 22.5 Å². The summed E-state index contributed by atoms with van der Waals surface area (Å²) in [7, 11) is 3.20. The van der Waals surface area contributed by atoms with Crippen molar-refractivity contribution < 1.29 is 9.47 Å². The molecule has 7 nitrogen and oxygen atoms in total. The van der Waals surface area contributed by atoms with Gasteiger partial charge in [0.05, 0.1) is 26.1 Å². The van der Waals surface area contributed by atoms with Crippen molar-refractivity contribution in [2.24, 2.45) is 0 Å². The van der Waals surface area contributed by atoms with E-state index in [1.54, 1.807) is 26.5 Å². The second kappa shape index (κ2) is 7.69. The molecule has 7 heteroatoms. The average Bonchev–Trinajstić information content (AvgIpc) is 2.65. The Morgan fingerprint density at radius 3 is 2.38 bits per heavy atom. The highest BCUT2D eigenvalue weighted by molar-refractivity contribution is 5.67. The van der Waals surface area contributed by atoms with Crippen molar-refractivity contribution in [2.45, 2.75) is 13.8 Å². The Hall–Kier alpha value is -3.35. The molecule has 1 heterocycles. The maximum Gasteiger partial charge on any atom is 0.249 e. The molecule has 0 saturated carbocycles. The normalized spacial score (nSPS) is 10.3. The highest BCUT2D eigenvalue weighted by Gasteiger charge is 2.09. The quantitative estimate of drug-likeness (QED) is 0.695. The lowest BCUT2D eigenvalue weighted by Crippen LogP contribution is -2.04. The number of ether oxygens (including phenoxy) is 2. The number of para-hydroxylation sites is 1. The van der Waals surface area contributed by atoms with Gasteiger partial charge in [0.1, 0.15) is 11.5 Å². The van der Waals surface area contributed by atoms with Gasteiger partial charge in [-0.1, -0.05) is 18.2 Å². The van der Waals surface area contributed by atoms with E-state index in [0.29, 0.717) is 23.3 Å². The van der Waals surface area contributed by atoms with Crippen molar-refractivity contribution in [2.75, 3.05) is 24.9 Å². The molecule has 26 heavy (non-hydrogen) atoms. The molecule has 0 unspecified atom stereocenters. The molecule has 0 amide bonds. The van der Waals surface area contributed by atoms with E-state index in [4.69, 9.17) is 9.47 Å². The summed E-state index contributed by atoms with van der Waals surface area (Å²) in [6.45, 7) is 4.09. The SMILES string of the molecule is COc1ccc(Nc2nncc(Nc3c(C)cccc3C)n2)c(OC)c1. The molecule has 3 rings (SSSR count). The summed E-state index contributed by atoms with van der Waals surface area (Å²) in [6, 6.07) is 11.6. The third-order valence-electron chi connectivity index (χ3n) is 3.95. The van der Waals surface area contributed by atoms with Gasteiger partial charge in [-0.05, 0) is 37.1 Å². The van der Waals surface area contributed by atoms with Crippen LogP contribution in [0.1, 0.15) is 11.1 Å². The molecule has 2 N–H and O–H groups in total. The van der Waals surface area contributed by atoms with Crippen molar-refractivity contribution in [1.82, 2.24) is 15.2 Å². The Kier molecular flexibility index (Phi) is 5.17. The number of nitrogens with zero attached hydrogens (tertiary/aromatic N) is 3. The molecule has 1 aromatic heterocycles. The molecule has 0 fully saturated rings. The first-order valence-corrected chi connectivity index (χ1v) is 8.12. The van der Waals surface area contributed by atoms with Gasteiger partial charge in [0.15, 0.2) is 5.82 Å². The summed E-state index contributed by atoms with van der Waals surface area (Å²) in [4.78, 5) is 4.48. The zero-order valence-electron chi connectivity index (χ0n) is 15.2. The summed E-state index contributed by atoms with van der Waals surface area (Å²) in [6.07, 6.45) is 1.59. The van der Waals surface area contributed by atoms with Gasteiger partial charge < -0.3 is 20.1 Å². The highest BCUT2D eigenvalue weighted by atomic mass is 16.5. The first kappa shape index (κ1) is 17.5. The van der Waals surface area contributed by atoms with Gasteiger partial charge >= 0.3 is 0 Å². The van der Waals surface area contributed by atoms with Crippen LogP contribution < -0.4 is 20.1 Å². The lowest BCUT2D eigenvalue weighted by molar-refractivity contribution is 0.395. The Morgan fingerprint density at radius 2 is 1.69 bits per heavy atom. The fraction of sp³-hybridized carbons (Fsp3) is 0.211. The molecule has 2 aromatic carbocycles. The number of aryl methyl sites for hydroxylation is 2. The predicted octanol–water partition coefficient (Wildman–Crippen LogP) is 3.99. The van der Waals surface area contributed by atoms with Gasteiger partial charge in [0.2, 0.25) is 5.95 Å². The summed E-state index contributed by atoms with van der Waals surface area (Å²) in [5.74, 6) is 2.30. The molecule has 0 aliphatic heterocycles. The van der Waals surface area contributed by atoms with Crippen LogP contribution in [0.4, 0.5) is 23.1 Å². The van der Waals surface area contributed by atoms with Crippen LogP contribution >= 0.6 is 0 Å². The summed E-state index contributed by atoms with van der Waals surface area (Å²) in [5, 5.41) is 14.5. The molecule has 0 aliphatic rings. The van der Waals surface area contributed by atoms with Crippen LogP contribution in [-0.4, -0.2) is 29.4 Å². The fourth-order valence-corrected chi connectivity index (χ4v) is 2.58. The largest absolute Gasteiger partial charge is 0.497 e. The molecule has 134 valence electrons. The van der Waals surface area contributed by atoms with Crippen LogP contribution in [-0.2, 0) is 0 Å². The van der Waals surface area contributed by atoms with Crippen LogP contribution in [0.3, 0.4) is 0 Å². The van der Waals surface area contributed by atoms with Gasteiger partial charge in [0.25, 0.3) is 0 Å². The van der Waals surface area contributed by atoms with Crippen LogP contribution in [0.5, 0.6) is 11.5 Å². The number of aromatic nitrogens is 3. The molecule has 0 aliphatic carbocycles. The van der Waals surface area contributed by atoms with E-state index in [9.17, 15) is 0 Å². The smallest absolute Gasteiger partial charge is 0.249 e. The van der Waals surface area contributed by atoms with E-state index in [1.165, 1.54) is 0 Å². The predicted molar refractivity (Wildman–Crippen MR) is 102 cm³/mol. The molecule has 0 bridgehead atoms. The summed E-state index contributed by atoms with van der Waals surface area (Å²) >= 11 is 0. The number of anilines is 4. The van der Waals surface area contributed by atoms with Crippen molar-refractivity contribution >= 4 is 23.1 Å². The molecule has 0 spiro atoms. The van der Waals surface area contributed by atoms with Crippen LogP contribution in [0.2, 0.25) is 0 Å². The standard InChI is InChI=1S/C19H21N5O2/c1-12-6-5-7-13(2)18(12)22-17-11-20-24-19(23-17)21-15-9-8-14(25-3)10-16(15)26-4/h5-11H,1-4H3,(H2,21,22,23,24). The zero-order chi connectivity index (χ0) is 18.5. The minimum atomic E-state index is 0.365. The second-order valence-electron chi connectivity index (χ2n) is 5.75. The lowest BCUT2D eigenvalue weighted by Gasteiger charge is -2.13. The number of benzene rings is 2. The number of methoxy groups -OCH3 is 2. The van der Waals surface area contributed by atoms with Gasteiger partial charge in [-0.3, -0.25) is 0 Å². The third kappa shape index (κ3) is 3.83. The Morgan fingerprint density at radius 1 is 0.923 bits per heavy atom. The number of hydrogen-bond donors (Lipinski definition) is 2. The van der Waals surface area contributed by atoms with E-state index in [1.807, 2.05) is 44.2 Å². The van der Waals surface area contributed by atoms with Crippen molar-refractivity contribution in [1.29, 1.82) is 0 Å².